The van der Waals surface area contributed by atoms with Crippen LogP contribution in [0.1, 0.15) is 23.6 Å². The average Bonchev–Trinajstić information content (AvgIpc) is 2.89. The van der Waals surface area contributed by atoms with Crippen LogP contribution in [0.4, 0.5) is 0 Å². The smallest absolute Gasteiger partial charge is 0.317 e. The van der Waals surface area contributed by atoms with Gasteiger partial charge in [0.25, 0.3) is 0 Å². The Balaban J connectivity index is 1.82. The lowest BCUT2D eigenvalue weighted by molar-refractivity contribution is -0.175. The first-order valence-corrected chi connectivity index (χ1v) is 12.1. The third-order valence-electron chi connectivity index (χ3n) is 5.66. The highest BCUT2D eigenvalue weighted by Gasteiger charge is 2.35. The van der Waals surface area contributed by atoms with Crippen molar-refractivity contribution in [3.8, 4) is 0 Å². The Morgan fingerprint density at radius 2 is 1.14 bits per heavy atom. The minimum atomic E-state index is -0.967. The highest BCUT2D eigenvalue weighted by Crippen LogP contribution is 2.21. The second-order valence-electron chi connectivity index (χ2n) is 8.62. The zero-order valence-electron chi connectivity index (χ0n) is 20.5. The number of ether oxygens (including phenoxy) is 3. The van der Waals surface area contributed by atoms with E-state index < -0.39 is 30.4 Å². The maximum absolute atomic E-state index is 11.1. The Kier molecular flexibility index (Phi) is 11.6. The molecule has 3 aromatic rings. The van der Waals surface area contributed by atoms with E-state index >= 15 is 0 Å². The lowest BCUT2D eigenvalue weighted by Crippen LogP contribution is -2.51. The lowest BCUT2D eigenvalue weighted by Gasteiger charge is -2.35. The SMILES string of the molecule is C[C@H](O)[C@H](OCc1ccccc1)[C@@H](OCc1ccccc1)[C@H](CNCC(=O)O)OCc1ccccc1. The molecule has 3 N–H and O–H groups in total. The first-order valence-electron chi connectivity index (χ1n) is 12.1. The van der Waals surface area contributed by atoms with Crippen LogP contribution in [0.2, 0.25) is 0 Å². The van der Waals surface area contributed by atoms with Crippen molar-refractivity contribution in [2.24, 2.45) is 0 Å². The van der Waals surface area contributed by atoms with Gasteiger partial charge in [-0.05, 0) is 23.6 Å². The van der Waals surface area contributed by atoms with Crippen molar-refractivity contribution in [3.63, 3.8) is 0 Å². The zero-order valence-corrected chi connectivity index (χ0v) is 20.5. The molecule has 0 amide bonds. The van der Waals surface area contributed by atoms with E-state index in [1.165, 1.54) is 0 Å². The molecule has 3 rings (SSSR count). The lowest BCUT2D eigenvalue weighted by atomic mass is 10.0. The van der Waals surface area contributed by atoms with Crippen molar-refractivity contribution in [3.05, 3.63) is 108 Å². The third kappa shape index (κ3) is 9.53. The molecule has 7 nitrogen and oxygen atoms in total. The molecule has 36 heavy (non-hydrogen) atoms. The summed E-state index contributed by atoms with van der Waals surface area (Å²) in [6.45, 7) is 2.52. The molecule has 0 saturated heterocycles. The number of hydrogen-bond donors (Lipinski definition) is 3. The summed E-state index contributed by atoms with van der Waals surface area (Å²) in [5.41, 5.74) is 2.91. The van der Waals surface area contributed by atoms with Crippen molar-refractivity contribution in [2.45, 2.75) is 51.2 Å². The number of hydrogen-bond acceptors (Lipinski definition) is 6. The molecule has 7 heteroatoms. The number of aliphatic hydroxyl groups excluding tert-OH is 1. The van der Waals surface area contributed by atoms with Gasteiger partial charge in [-0.1, -0.05) is 91.0 Å². The Morgan fingerprint density at radius 3 is 1.56 bits per heavy atom. The predicted molar refractivity (Wildman–Crippen MR) is 137 cm³/mol. The minimum Gasteiger partial charge on any atom is -0.480 e. The summed E-state index contributed by atoms with van der Waals surface area (Å²) >= 11 is 0. The first kappa shape index (κ1) is 27.5. The molecule has 0 aliphatic rings. The molecule has 192 valence electrons. The average molecular weight is 494 g/mol. The predicted octanol–water partition coefficient (Wildman–Crippen LogP) is 3.80. The van der Waals surface area contributed by atoms with E-state index in [2.05, 4.69) is 5.32 Å². The molecular weight excluding hydrogens is 458 g/mol. The Bertz CT molecular complexity index is 1000. The fourth-order valence-electron chi connectivity index (χ4n) is 3.82. The van der Waals surface area contributed by atoms with Crippen LogP contribution in [0, 0.1) is 0 Å². The zero-order chi connectivity index (χ0) is 25.6. The van der Waals surface area contributed by atoms with Gasteiger partial charge in [0.2, 0.25) is 0 Å². The van der Waals surface area contributed by atoms with Crippen LogP contribution in [0.25, 0.3) is 0 Å². The molecule has 0 saturated carbocycles. The number of aliphatic hydroxyl groups is 1. The number of carboxylic acid groups (broad SMARTS) is 1. The van der Waals surface area contributed by atoms with Crippen LogP contribution < -0.4 is 5.32 Å². The number of aliphatic carboxylic acids is 1. The fourth-order valence-corrected chi connectivity index (χ4v) is 3.82. The molecular formula is C29H35NO6. The van der Waals surface area contributed by atoms with Gasteiger partial charge in [0.1, 0.15) is 12.2 Å². The summed E-state index contributed by atoms with van der Waals surface area (Å²) in [6.07, 6.45) is -2.86. The van der Waals surface area contributed by atoms with Crippen molar-refractivity contribution in [1.82, 2.24) is 5.32 Å². The van der Waals surface area contributed by atoms with Crippen LogP contribution in [0.5, 0.6) is 0 Å². The quantitative estimate of drug-likeness (QED) is 0.279. The highest BCUT2D eigenvalue weighted by molar-refractivity contribution is 5.68. The van der Waals surface area contributed by atoms with E-state index in [1.54, 1.807) is 6.92 Å². The number of carbonyl (C=O) groups is 1. The van der Waals surface area contributed by atoms with Crippen molar-refractivity contribution in [1.29, 1.82) is 0 Å². The van der Waals surface area contributed by atoms with Crippen LogP contribution >= 0.6 is 0 Å². The summed E-state index contributed by atoms with van der Waals surface area (Å²) in [5, 5.41) is 22.8. The van der Waals surface area contributed by atoms with E-state index in [0.717, 1.165) is 16.7 Å². The highest BCUT2D eigenvalue weighted by atomic mass is 16.6. The largest absolute Gasteiger partial charge is 0.480 e. The van der Waals surface area contributed by atoms with Gasteiger partial charge in [-0.3, -0.25) is 4.79 Å². The van der Waals surface area contributed by atoms with Crippen LogP contribution in [-0.4, -0.2) is 53.7 Å². The molecule has 0 fully saturated rings. The Morgan fingerprint density at radius 1 is 0.722 bits per heavy atom. The molecule has 0 aromatic heterocycles. The molecule has 0 aliphatic carbocycles. The molecule has 0 bridgehead atoms. The molecule has 0 spiro atoms. The number of benzene rings is 3. The Hall–Kier alpha value is -3.07. The van der Waals surface area contributed by atoms with E-state index in [0.29, 0.717) is 6.61 Å². The summed E-state index contributed by atoms with van der Waals surface area (Å²) in [6, 6.07) is 29.1. The second kappa shape index (κ2) is 15.1. The Labute approximate surface area is 212 Å². The summed E-state index contributed by atoms with van der Waals surface area (Å²) < 4.78 is 18.8. The van der Waals surface area contributed by atoms with Gasteiger partial charge < -0.3 is 29.7 Å². The standard InChI is InChI=1S/C29H35NO6/c1-22(31)28(35-20-24-13-7-3-8-14-24)29(36-21-25-15-9-4-10-16-25)26(17-30-18-27(32)33)34-19-23-11-5-2-6-12-23/h2-16,22,26,28-31H,17-21H2,1H3,(H,32,33)/t22-,26-,28-,29-/m0/s1. The van der Waals surface area contributed by atoms with E-state index in [-0.39, 0.29) is 26.3 Å². The first-order chi connectivity index (χ1) is 17.5. The summed E-state index contributed by atoms with van der Waals surface area (Å²) in [5.74, 6) is -0.967. The fraction of sp³-hybridized carbons (Fsp3) is 0.345. The second-order valence-corrected chi connectivity index (χ2v) is 8.62. The van der Waals surface area contributed by atoms with Gasteiger partial charge in [-0.15, -0.1) is 0 Å². The van der Waals surface area contributed by atoms with E-state index in [4.69, 9.17) is 19.3 Å². The molecule has 0 unspecified atom stereocenters. The van der Waals surface area contributed by atoms with Crippen LogP contribution in [0.3, 0.4) is 0 Å². The van der Waals surface area contributed by atoms with E-state index in [1.807, 2.05) is 91.0 Å². The van der Waals surface area contributed by atoms with E-state index in [9.17, 15) is 9.90 Å². The van der Waals surface area contributed by atoms with Gasteiger partial charge in [-0.2, -0.15) is 0 Å². The summed E-state index contributed by atoms with van der Waals surface area (Å²) in [7, 11) is 0. The van der Waals surface area contributed by atoms with Crippen molar-refractivity contribution in [2.75, 3.05) is 13.1 Å². The maximum Gasteiger partial charge on any atom is 0.317 e. The molecule has 0 heterocycles. The van der Waals surface area contributed by atoms with Crippen molar-refractivity contribution >= 4 is 5.97 Å². The number of nitrogens with one attached hydrogen (secondary N) is 1. The topological polar surface area (TPSA) is 97.2 Å². The molecule has 4 atom stereocenters. The minimum absolute atomic E-state index is 0.205. The number of carboxylic acids is 1. The van der Waals surface area contributed by atoms with Gasteiger partial charge in [0, 0.05) is 6.54 Å². The molecule has 3 aromatic carbocycles. The normalized spacial score (nSPS) is 14.6. The van der Waals surface area contributed by atoms with Crippen molar-refractivity contribution < 1.29 is 29.2 Å². The molecule has 0 aliphatic heterocycles. The maximum atomic E-state index is 11.1. The van der Waals surface area contributed by atoms with Crippen LogP contribution in [0.15, 0.2) is 91.0 Å². The number of rotatable bonds is 16. The third-order valence-corrected chi connectivity index (χ3v) is 5.66. The van der Waals surface area contributed by atoms with Gasteiger partial charge in [-0.25, -0.2) is 0 Å². The van der Waals surface area contributed by atoms with Gasteiger partial charge in [0.15, 0.2) is 0 Å². The summed E-state index contributed by atoms with van der Waals surface area (Å²) in [4.78, 5) is 11.1. The van der Waals surface area contributed by atoms with Crippen LogP contribution in [-0.2, 0) is 38.8 Å². The monoisotopic (exact) mass is 493 g/mol. The molecule has 0 radical (unpaired) electrons. The van der Waals surface area contributed by atoms with Gasteiger partial charge >= 0.3 is 5.97 Å². The van der Waals surface area contributed by atoms with Gasteiger partial charge in [0.05, 0.1) is 38.6 Å².